The lowest BCUT2D eigenvalue weighted by Crippen LogP contribution is -2.38. The van der Waals surface area contributed by atoms with Gasteiger partial charge in [-0.05, 0) is 43.4 Å². The smallest absolute Gasteiger partial charge is 0.357 e. The third kappa shape index (κ3) is 6.41. The fraction of sp³-hybridized carbons (Fsp3) is 0.533. The molecule has 124 valence electrons. The third-order valence-corrected chi connectivity index (χ3v) is 3.27. The molecule has 0 spiro atoms. The van der Waals surface area contributed by atoms with Gasteiger partial charge in [0.15, 0.2) is 5.96 Å². The van der Waals surface area contributed by atoms with Crippen LogP contribution in [0.2, 0.25) is 0 Å². The molecule has 0 unspecified atom stereocenters. The summed E-state index contributed by atoms with van der Waals surface area (Å²) in [6, 6.07) is 5.29. The maximum absolute atomic E-state index is 12.6. The van der Waals surface area contributed by atoms with Gasteiger partial charge in [-0.25, -0.2) is 4.99 Å². The number of guanidine groups is 1. The van der Waals surface area contributed by atoms with Gasteiger partial charge in [0.25, 0.3) is 0 Å². The number of benzene rings is 1. The maximum Gasteiger partial charge on any atom is 0.416 e. The summed E-state index contributed by atoms with van der Waals surface area (Å²) in [7, 11) is 0. The lowest BCUT2D eigenvalue weighted by molar-refractivity contribution is -0.137. The zero-order chi connectivity index (χ0) is 15.3. The second-order valence-electron chi connectivity index (χ2n) is 5.22. The van der Waals surface area contributed by atoms with E-state index in [1.165, 1.54) is 18.9 Å². The van der Waals surface area contributed by atoms with Crippen LogP contribution >= 0.6 is 24.0 Å². The molecule has 0 saturated heterocycles. The molecule has 1 aliphatic carbocycles. The largest absolute Gasteiger partial charge is 0.416 e. The van der Waals surface area contributed by atoms with Crippen molar-refractivity contribution in [1.29, 1.82) is 0 Å². The Hall–Kier alpha value is -0.990. The Labute approximate surface area is 145 Å². The summed E-state index contributed by atoms with van der Waals surface area (Å²) in [5.41, 5.74) is -0.0837. The molecule has 1 fully saturated rings. The van der Waals surface area contributed by atoms with Gasteiger partial charge < -0.3 is 10.6 Å². The van der Waals surface area contributed by atoms with Gasteiger partial charge in [-0.15, -0.1) is 24.0 Å². The molecular weight excluding hydrogens is 406 g/mol. The molecule has 0 radical (unpaired) electrons. The highest BCUT2D eigenvalue weighted by atomic mass is 127. The second kappa shape index (κ2) is 8.59. The van der Waals surface area contributed by atoms with Gasteiger partial charge in [0, 0.05) is 13.1 Å². The van der Waals surface area contributed by atoms with Gasteiger partial charge in [-0.2, -0.15) is 13.2 Å². The normalized spacial score (nSPS) is 15.2. The van der Waals surface area contributed by atoms with Gasteiger partial charge >= 0.3 is 6.18 Å². The zero-order valence-corrected chi connectivity index (χ0v) is 14.7. The number of nitrogens with one attached hydrogen (secondary N) is 2. The van der Waals surface area contributed by atoms with Crippen molar-refractivity contribution in [1.82, 2.24) is 10.6 Å². The monoisotopic (exact) mass is 427 g/mol. The number of alkyl halides is 3. The van der Waals surface area contributed by atoms with Crippen molar-refractivity contribution in [3.63, 3.8) is 0 Å². The molecule has 0 atom stereocenters. The molecule has 0 aliphatic heterocycles. The summed E-state index contributed by atoms with van der Waals surface area (Å²) >= 11 is 0. The van der Waals surface area contributed by atoms with Crippen LogP contribution in [0.15, 0.2) is 29.3 Å². The Morgan fingerprint density at radius 2 is 2.00 bits per heavy atom. The summed E-state index contributed by atoms with van der Waals surface area (Å²) < 4.78 is 37.9. The summed E-state index contributed by atoms with van der Waals surface area (Å²) in [6.45, 7) is 3.77. The molecule has 0 amide bonds. The summed E-state index contributed by atoms with van der Waals surface area (Å²) in [4.78, 5) is 4.33. The lowest BCUT2D eigenvalue weighted by Gasteiger charge is -2.11. The van der Waals surface area contributed by atoms with Crippen LogP contribution in [0.4, 0.5) is 13.2 Å². The van der Waals surface area contributed by atoms with E-state index in [1.807, 2.05) is 6.92 Å². The first-order valence-corrected chi connectivity index (χ1v) is 7.17. The minimum absolute atomic E-state index is 0. The maximum atomic E-state index is 12.6. The highest BCUT2D eigenvalue weighted by Crippen LogP contribution is 2.29. The number of halogens is 4. The van der Waals surface area contributed by atoms with E-state index in [0.29, 0.717) is 17.4 Å². The minimum Gasteiger partial charge on any atom is -0.357 e. The third-order valence-electron chi connectivity index (χ3n) is 3.27. The first-order chi connectivity index (χ1) is 9.99. The Morgan fingerprint density at radius 3 is 2.59 bits per heavy atom. The Bertz CT molecular complexity index is 499. The van der Waals surface area contributed by atoms with Crippen molar-refractivity contribution < 1.29 is 13.2 Å². The summed E-state index contributed by atoms with van der Waals surface area (Å²) in [5.74, 6) is 1.37. The number of rotatable bonds is 5. The van der Waals surface area contributed by atoms with E-state index in [2.05, 4.69) is 15.6 Å². The molecule has 2 rings (SSSR count). The minimum atomic E-state index is -4.31. The standard InChI is InChI=1S/C15H20F3N3.HI/c1-2-19-14(20-9-11-6-7-11)21-10-12-4-3-5-13(8-12)15(16,17)18;/h3-5,8,11H,2,6-7,9-10H2,1H3,(H2,19,20,21);1H. The van der Waals surface area contributed by atoms with Crippen LogP contribution in [0.5, 0.6) is 0 Å². The van der Waals surface area contributed by atoms with Crippen molar-refractivity contribution in [2.45, 2.75) is 32.5 Å². The number of aliphatic imine (C=N–C) groups is 1. The van der Waals surface area contributed by atoms with Crippen LogP contribution in [0.25, 0.3) is 0 Å². The second-order valence-corrected chi connectivity index (χ2v) is 5.22. The lowest BCUT2D eigenvalue weighted by atomic mass is 10.1. The topological polar surface area (TPSA) is 36.4 Å². The van der Waals surface area contributed by atoms with Crippen molar-refractivity contribution in [3.8, 4) is 0 Å². The molecule has 0 bridgehead atoms. The van der Waals surface area contributed by atoms with Gasteiger partial charge in [-0.3, -0.25) is 0 Å². The Morgan fingerprint density at radius 1 is 1.27 bits per heavy atom. The van der Waals surface area contributed by atoms with Crippen LogP contribution in [-0.2, 0) is 12.7 Å². The van der Waals surface area contributed by atoms with E-state index in [9.17, 15) is 13.2 Å². The molecule has 22 heavy (non-hydrogen) atoms. The van der Waals surface area contributed by atoms with Crippen LogP contribution in [0, 0.1) is 5.92 Å². The fourth-order valence-corrected chi connectivity index (χ4v) is 1.92. The first kappa shape index (κ1) is 19.1. The molecule has 1 aromatic rings. The highest BCUT2D eigenvalue weighted by Gasteiger charge is 2.30. The average Bonchev–Trinajstić information content (AvgIpc) is 3.25. The molecule has 1 saturated carbocycles. The van der Waals surface area contributed by atoms with Gasteiger partial charge in [0.05, 0.1) is 12.1 Å². The summed E-state index contributed by atoms with van der Waals surface area (Å²) in [5, 5.41) is 6.31. The molecule has 1 aliphatic rings. The van der Waals surface area contributed by atoms with Crippen molar-refractivity contribution in [2.75, 3.05) is 13.1 Å². The van der Waals surface area contributed by atoms with E-state index in [-0.39, 0.29) is 30.5 Å². The molecule has 3 nitrogen and oxygen atoms in total. The molecule has 0 aromatic heterocycles. The van der Waals surface area contributed by atoms with E-state index >= 15 is 0 Å². The van der Waals surface area contributed by atoms with Crippen LogP contribution in [-0.4, -0.2) is 19.0 Å². The predicted octanol–water partition coefficient (Wildman–Crippen LogP) is 3.79. The molecular formula is C15H21F3IN3. The molecule has 1 aromatic carbocycles. The average molecular weight is 427 g/mol. The Kier molecular flexibility index (Phi) is 7.44. The molecule has 7 heteroatoms. The quantitative estimate of drug-likeness (QED) is 0.426. The van der Waals surface area contributed by atoms with Crippen molar-refractivity contribution in [3.05, 3.63) is 35.4 Å². The van der Waals surface area contributed by atoms with E-state index < -0.39 is 11.7 Å². The van der Waals surface area contributed by atoms with Crippen LogP contribution in [0.3, 0.4) is 0 Å². The highest BCUT2D eigenvalue weighted by molar-refractivity contribution is 14.0. The van der Waals surface area contributed by atoms with Crippen LogP contribution in [0.1, 0.15) is 30.9 Å². The molecule has 0 heterocycles. The zero-order valence-electron chi connectivity index (χ0n) is 12.4. The van der Waals surface area contributed by atoms with Gasteiger partial charge in [0.1, 0.15) is 0 Å². The van der Waals surface area contributed by atoms with E-state index in [0.717, 1.165) is 25.2 Å². The number of hydrogen-bond acceptors (Lipinski definition) is 1. The van der Waals surface area contributed by atoms with Gasteiger partial charge in [0.2, 0.25) is 0 Å². The SMILES string of the molecule is CCNC(=NCc1cccc(C(F)(F)F)c1)NCC1CC1.I. The van der Waals surface area contributed by atoms with E-state index in [1.54, 1.807) is 6.07 Å². The van der Waals surface area contributed by atoms with Gasteiger partial charge in [-0.1, -0.05) is 12.1 Å². The Balaban J connectivity index is 0.00000242. The van der Waals surface area contributed by atoms with E-state index in [4.69, 9.17) is 0 Å². The number of nitrogens with zero attached hydrogens (tertiary/aromatic N) is 1. The van der Waals surface area contributed by atoms with Crippen molar-refractivity contribution >= 4 is 29.9 Å². The van der Waals surface area contributed by atoms with Crippen LogP contribution < -0.4 is 10.6 Å². The number of hydrogen-bond donors (Lipinski definition) is 2. The summed E-state index contributed by atoms with van der Waals surface area (Å²) in [6.07, 6.45) is -1.84. The predicted molar refractivity (Wildman–Crippen MR) is 92.4 cm³/mol. The fourth-order valence-electron chi connectivity index (χ4n) is 1.92. The van der Waals surface area contributed by atoms with Crippen molar-refractivity contribution in [2.24, 2.45) is 10.9 Å². The first-order valence-electron chi connectivity index (χ1n) is 7.17. The molecule has 2 N–H and O–H groups in total.